The molecular weight excluding hydrogens is 589 g/mol. The van der Waals surface area contributed by atoms with Crippen LogP contribution in [-0.2, 0) is 23.9 Å². The third-order valence-corrected chi connectivity index (χ3v) is 10.5. The molecule has 0 atom stereocenters. The van der Waals surface area contributed by atoms with Gasteiger partial charge in [-0.25, -0.2) is 14.6 Å². The van der Waals surface area contributed by atoms with E-state index in [0.29, 0.717) is 31.2 Å². The highest BCUT2D eigenvalue weighted by Crippen LogP contribution is 2.56. The third-order valence-electron chi connectivity index (χ3n) is 6.39. The highest BCUT2D eigenvalue weighted by molar-refractivity contribution is 8.29. The number of benzene rings is 2. The van der Waals surface area contributed by atoms with Gasteiger partial charge in [-0.05, 0) is 45.0 Å². The SMILES string of the molecule is COC(=O)C1=C(C(=O)OC)SC(=C2C(=S)C(C)(C)N(C(=O)CSc3nc4ccccc4o3)c3ccc(C)cc32)S1. The molecule has 3 heterocycles. The second-order valence-electron chi connectivity index (χ2n) is 9.38. The van der Waals surface area contributed by atoms with Crippen molar-refractivity contribution >= 4 is 92.6 Å². The molecule has 0 saturated heterocycles. The average Bonchev–Trinajstić information content (AvgIpc) is 3.56. The Morgan fingerprint density at radius 3 is 2.33 bits per heavy atom. The first-order valence-corrected chi connectivity index (χ1v) is 15.1. The normalized spacial score (nSPS) is 16.4. The van der Waals surface area contributed by atoms with E-state index in [1.807, 2.05) is 63.2 Å². The monoisotopic (exact) mass is 612 g/mol. The number of thiocarbonyl (C=S) groups is 1. The highest BCUT2D eigenvalue weighted by Gasteiger charge is 2.46. The fraction of sp³-hybridized carbons (Fsp3) is 0.250. The summed E-state index contributed by atoms with van der Waals surface area (Å²) < 4.78 is 16.3. The second-order valence-corrected chi connectivity index (χ2v) is 13.0. The van der Waals surface area contributed by atoms with Crippen LogP contribution in [0.3, 0.4) is 0 Å². The van der Waals surface area contributed by atoms with Crippen LogP contribution in [0.1, 0.15) is 25.0 Å². The van der Waals surface area contributed by atoms with E-state index >= 15 is 0 Å². The number of thioether (sulfide) groups is 3. The lowest BCUT2D eigenvalue weighted by atomic mass is 9.83. The fourth-order valence-electron chi connectivity index (χ4n) is 4.48. The van der Waals surface area contributed by atoms with E-state index in [0.717, 1.165) is 40.2 Å². The number of ether oxygens (including phenoxy) is 2. The Morgan fingerprint density at radius 1 is 1.05 bits per heavy atom. The number of carbonyl (C=O) groups excluding carboxylic acids is 3. The van der Waals surface area contributed by atoms with E-state index in [9.17, 15) is 14.4 Å². The number of carbonyl (C=O) groups is 3. The molecule has 0 N–H and O–H groups in total. The van der Waals surface area contributed by atoms with Gasteiger partial charge in [0.1, 0.15) is 15.3 Å². The summed E-state index contributed by atoms with van der Waals surface area (Å²) in [6, 6.07) is 13.2. The van der Waals surface area contributed by atoms with Crippen molar-refractivity contribution in [3.63, 3.8) is 0 Å². The number of aryl methyl sites for hydroxylation is 1. The van der Waals surface area contributed by atoms with Crippen molar-refractivity contribution in [2.75, 3.05) is 24.9 Å². The van der Waals surface area contributed by atoms with Gasteiger partial charge in [0, 0.05) is 11.1 Å². The van der Waals surface area contributed by atoms with Gasteiger partial charge in [0.05, 0.1) is 40.3 Å². The fourth-order valence-corrected chi connectivity index (χ4v) is 8.20. The van der Waals surface area contributed by atoms with E-state index < -0.39 is 17.5 Å². The first kappa shape index (κ1) is 28.5. The Bertz CT molecular complexity index is 1590. The van der Waals surface area contributed by atoms with Crippen LogP contribution >= 0.6 is 47.5 Å². The van der Waals surface area contributed by atoms with Crippen LogP contribution in [0.4, 0.5) is 5.69 Å². The van der Waals surface area contributed by atoms with Crippen molar-refractivity contribution < 1.29 is 28.3 Å². The summed E-state index contributed by atoms with van der Waals surface area (Å²) >= 11 is 9.51. The molecule has 2 aromatic carbocycles. The maximum Gasteiger partial charge on any atom is 0.346 e. The summed E-state index contributed by atoms with van der Waals surface area (Å²) in [4.78, 5) is 45.8. The molecule has 0 spiro atoms. The van der Waals surface area contributed by atoms with Crippen molar-refractivity contribution in [1.29, 1.82) is 0 Å². The smallest absolute Gasteiger partial charge is 0.346 e. The van der Waals surface area contributed by atoms with Crippen molar-refractivity contribution in [3.8, 4) is 0 Å². The summed E-state index contributed by atoms with van der Waals surface area (Å²) in [5, 5.41) is 0.411. The van der Waals surface area contributed by atoms with Crippen molar-refractivity contribution in [1.82, 2.24) is 4.98 Å². The molecule has 1 amide bonds. The van der Waals surface area contributed by atoms with Crippen molar-refractivity contribution in [2.45, 2.75) is 31.5 Å². The van der Waals surface area contributed by atoms with E-state index in [1.54, 1.807) is 4.90 Å². The number of esters is 2. The number of hydrogen-bond acceptors (Lipinski definition) is 11. The van der Waals surface area contributed by atoms with Gasteiger partial charge in [0.15, 0.2) is 5.58 Å². The van der Waals surface area contributed by atoms with Gasteiger partial charge in [0.2, 0.25) is 5.91 Å². The molecule has 0 radical (unpaired) electrons. The van der Waals surface area contributed by atoms with Gasteiger partial charge in [0.25, 0.3) is 5.22 Å². The second kappa shape index (κ2) is 11.1. The molecule has 3 aromatic rings. The van der Waals surface area contributed by atoms with Crippen LogP contribution in [-0.4, -0.2) is 53.2 Å². The van der Waals surface area contributed by atoms with Crippen molar-refractivity contribution in [3.05, 3.63) is 67.6 Å². The molecule has 0 fully saturated rings. The van der Waals surface area contributed by atoms with Crippen LogP contribution < -0.4 is 4.90 Å². The summed E-state index contributed by atoms with van der Waals surface area (Å²) in [5.74, 6) is -1.34. The molecule has 0 saturated carbocycles. The summed E-state index contributed by atoms with van der Waals surface area (Å²) in [6.45, 7) is 5.73. The van der Waals surface area contributed by atoms with Crippen LogP contribution in [0.5, 0.6) is 0 Å². The largest absolute Gasteiger partial charge is 0.465 e. The maximum absolute atomic E-state index is 13.8. The average molecular weight is 613 g/mol. The number of methoxy groups -OCH3 is 2. The third kappa shape index (κ3) is 4.98. The van der Waals surface area contributed by atoms with E-state index in [4.69, 9.17) is 26.1 Å². The quantitative estimate of drug-likeness (QED) is 0.144. The van der Waals surface area contributed by atoms with Crippen LogP contribution in [0, 0.1) is 6.92 Å². The molecule has 5 rings (SSSR count). The first-order chi connectivity index (χ1) is 19.1. The molecule has 0 bridgehead atoms. The lowest BCUT2D eigenvalue weighted by molar-refractivity contribution is -0.138. The molecule has 40 heavy (non-hydrogen) atoms. The number of hydrogen-bond donors (Lipinski definition) is 0. The summed E-state index contributed by atoms with van der Waals surface area (Å²) in [7, 11) is 2.52. The Balaban J connectivity index is 1.53. The highest BCUT2D eigenvalue weighted by atomic mass is 32.2. The minimum absolute atomic E-state index is 0.0854. The molecule has 206 valence electrons. The van der Waals surface area contributed by atoms with Crippen LogP contribution in [0.15, 0.2) is 66.2 Å². The zero-order chi connectivity index (χ0) is 28.8. The topological polar surface area (TPSA) is 98.9 Å². The molecule has 2 aliphatic rings. The number of anilines is 1. The van der Waals surface area contributed by atoms with Gasteiger partial charge in [-0.2, -0.15) is 0 Å². The molecule has 1 aromatic heterocycles. The Kier molecular flexibility index (Phi) is 7.88. The maximum atomic E-state index is 13.8. The summed E-state index contributed by atoms with van der Waals surface area (Å²) in [6.07, 6.45) is 0. The zero-order valence-corrected chi connectivity index (χ0v) is 25.5. The number of para-hydroxylation sites is 2. The molecule has 12 heteroatoms. The number of rotatable bonds is 5. The zero-order valence-electron chi connectivity index (χ0n) is 22.2. The van der Waals surface area contributed by atoms with Crippen LogP contribution in [0.2, 0.25) is 0 Å². The molecule has 0 aliphatic carbocycles. The Labute approximate surface area is 248 Å². The number of fused-ring (bicyclic) bond motifs is 2. The van der Waals surface area contributed by atoms with Gasteiger partial charge in [-0.1, -0.05) is 71.3 Å². The number of nitrogens with zero attached hydrogens (tertiary/aromatic N) is 2. The van der Waals surface area contributed by atoms with Crippen LogP contribution in [0.25, 0.3) is 16.7 Å². The van der Waals surface area contributed by atoms with Gasteiger partial charge in [-0.15, -0.1) is 0 Å². The minimum atomic E-state index is -0.903. The Morgan fingerprint density at radius 2 is 1.70 bits per heavy atom. The minimum Gasteiger partial charge on any atom is -0.465 e. The lowest BCUT2D eigenvalue weighted by Gasteiger charge is -2.45. The van der Waals surface area contributed by atoms with E-state index in [1.165, 1.54) is 26.0 Å². The van der Waals surface area contributed by atoms with Gasteiger partial charge < -0.3 is 18.8 Å². The van der Waals surface area contributed by atoms with Crippen molar-refractivity contribution in [2.24, 2.45) is 0 Å². The first-order valence-electron chi connectivity index (χ1n) is 12.0. The van der Waals surface area contributed by atoms with E-state index in [2.05, 4.69) is 4.98 Å². The summed E-state index contributed by atoms with van der Waals surface area (Å²) in [5.41, 5.74) is 3.58. The predicted octanol–water partition coefficient (Wildman–Crippen LogP) is 6.13. The molecular formula is C28H24N2O6S4. The molecule has 2 aliphatic heterocycles. The van der Waals surface area contributed by atoms with Gasteiger partial charge >= 0.3 is 11.9 Å². The number of amides is 1. The predicted molar refractivity (Wildman–Crippen MR) is 163 cm³/mol. The van der Waals surface area contributed by atoms with E-state index in [-0.39, 0.29) is 21.5 Å². The number of aromatic nitrogens is 1. The molecule has 8 nitrogen and oxygen atoms in total. The van der Waals surface area contributed by atoms with Gasteiger partial charge in [-0.3, -0.25) is 4.79 Å². The standard InChI is InChI=1S/C28H24N2O6S4/c1-14-10-11-17-15(12-14)20(26-39-21(24(32)34-4)22(40-26)25(33)35-5)23(37)28(2,3)30(17)19(31)13-38-27-29-16-8-6-7-9-18(16)36-27/h6-12H,13H2,1-5H3. The Hall–Kier alpha value is -3.06. The lowest BCUT2D eigenvalue weighted by Crippen LogP contribution is -2.56. The molecule has 0 unspecified atom stereocenters. The number of oxazole rings is 1.